The third-order valence-electron chi connectivity index (χ3n) is 3.54. The predicted molar refractivity (Wildman–Crippen MR) is 103 cm³/mol. The van der Waals surface area contributed by atoms with Gasteiger partial charge in [0.15, 0.2) is 8.68 Å². The van der Waals surface area contributed by atoms with E-state index in [0.717, 1.165) is 20.7 Å². The van der Waals surface area contributed by atoms with Gasteiger partial charge in [-0.2, -0.15) is 0 Å². The molecule has 0 aliphatic rings. The maximum atomic E-state index is 10.5. The highest BCUT2D eigenvalue weighted by Crippen LogP contribution is 2.45. The molecule has 2 aromatic rings. The van der Waals surface area contributed by atoms with Crippen LogP contribution in [0.5, 0.6) is 11.5 Å². The maximum absolute atomic E-state index is 10.5. The number of nitrogens with zero attached hydrogens (tertiary/aromatic N) is 2. The van der Waals surface area contributed by atoms with Crippen molar-refractivity contribution in [1.29, 1.82) is 0 Å². The van der Waals surface area contributed by atoms with Gasteiger partial charge in [-0.25, -0.2) is 0 Å². The molecule has 0 radical (unpaired) electrons. The molecular weight excluding hydrogens is 360 g/mol. The second kappa shape index (κ2) is 7.14. The molecule has 0 saturated carbocycles. The highest BCUT2D eigenvalue weighted by atomic mass is 32.2. The van der Waals surface area contributed by atoms with Gasteiger partial charge in [-0.05, 0) is 35.6 Å². The molecule has 0 spiro atoms. The first kappa shape index (κ1) is 19.4. The van der Waals surface area contributed by atoms with E-state index in [2.05, 4.69) is 44.8 Å². The number of thioether (sulfide) groups is 1. The molecule has 24 heavy (non-hydrogen) atoms. The number of phenolic OH excluding ortho intramolecular Hbond substituents is 2. The molecule has 0 aliphatic heterocycles. The van der Waals surface area contributed by atoms with Crippen molar-refractivity contribution in [3.8, 4) is 11.5 Å². The summed E-state index contributed by atoms with van der Waals surface area (Å²) in [6, 6.07) is 3.31. The van der Waals surface area contributed by atoms with Gasteiger partial charge < -0.3 is 10.2 Å². The van der Waals surface area contributed by atoms with E-state index >= 15 is 0 Å². The molecule has 1 aromatic carbocycles. The monoisotopic (exact) mass is 384 g/mol. The molecule has 0 aliphatic carbocycles. The number of phenols is 2. The van der Waals surface area contributed by atoms with E-state index in [4.69, 9.17) is 0 Å². The van der Waals surface area contributed by atoms with Crippen molar-refractivity contribution in [2.75, 3.05) is 6.26 Å². The second-order valence-corrected chi connectivity index (χ2v) is 10.9. The van der Waals surface area contributed by atoms with Crippen LogP contribution in [-0.4, -0.2) is 26.7 Å². The Labute approximate surface area is 156 Å². The minimum Gasteiger partial charge on any atom is -0.508 e. The smallest absolute Gasteiger partial charge is 0.180 e. The van der Waals surface area contributed by atoms with Gasteiger partial charge in [0.05, 0.1) is 4.90 Å². The van der Waals surface area contributed by atoms with E-state index in [9.17, 15) is 10.2 Å². The van der Waals surface area contributed by atoms with Crippen LogP contribution in [0, 0.1) is 5.41 Å². The lowest BCUT2D eigenvalue weighted by atomic mass is 9.72. The van der Waals surface area contributed by atoms with Crippen LogP contribution in [0.25, 0.3) is 0 Å². The first-order valence-electron chi connectivity index (χ1n) is 7.64. The molecule has 4 nitrogen and oxygen atoms in total. The fraction of sp³-hybridized carbons (Fsp3) is 0.529. The minimum absolute atomic E-state index is 0.125. The van der Waals surface area contributed by atoms with E-state index in [1.165, 1.54) is 34.9 Å². The Balaban J connectivity index is 2.30. The van der Waals surface area contributed by atoms with Crippen molar-refractivity contribution < 1.29 is 10.2 Å². The standard InChI is InChI=1S/C17H24N2O2S3/c1-16(2,3)9-17(4,5)10-7-12(21)13(8-11(10)20)23-15-19-18-14(22-6)24-15/h7-8,20-21H,9H2,1-6H3. The molecule has 1 aromatic heterocycles. The summed E-state index contributed by atoms with van der Waals surface area (Å²) in [5, 5.41) is 29.1. The number of rotatable bonds is 5. The van der Waals surface area contributed by atoms with Crippen LogP contribution in [0.1, 0.15) is 46.6 Å². The third-order valence-corrected chi connectivity index (χ3v) is 6.54. The molecule has 0 atom stereocenters. The maximum Gasteiger partial charge on any atom is 0.180 e. The predicted octanol–water partition coefficient (Wildman–Crippen LogP) is 5.54. The summed E-state index contributed by atoms with van der Waals surface area (Å²) in [7, 11) is 0. The Kier molecular flexibility index (Phi) is 5.77. The summed E-state index contributed by atoms with van der Waals surface area (Å²) in [6.07, 6.45) is 2.84. The van der Waals surface area contributed by atoms with Gasteiger partial charge in [0.25, 0.3) is 0 Å². The Morgan fingerprint density at radius 3 is 2.17 bits per heavy atom. The van der Waals surface area contributed by atoms with Gasteiger partial charge in [0.1, 0.15) is 11.5 Å². The fourth-order valence-electron chi connectivity index (χ4n) is 3.02. The Morgan fingerprint density at radius 2 is 1.62 bits per heavy atom. The molecule has 0 unspecified atom stereocenters. The normalized spacial score (nSPS) is 12.6. The van der Waals surface area contributed by atoms with Crippen LogP contribution in [0.3, 0.4) is 0 Å². The first-order chi connectivity index (χ1) is 11.0. The summed E-state index contributed by atoms with van der Waals surface area (Å²) >= 11 is 4.33. The molecule has 0 bridgehead atoms. The fourth-order valence-corrected chi connectivity index (χ4v) is 5.46. The average Bonchev–Trinajstić information content (AvgIpc) is 2.87. The van der Waals surface area contributed by atoms with Crippen LogP contribution in [0.2, 0.25) is 0 Å². The average molecular weight is 385 g/mol. The SMILES string of the molecule is CSc1nnc(Sc2cc(O)c(C(C)(C)CC(C)(C)C)cc2O)s1. The molecule has 0 fully saturated rings. The zero-order chi connectivity index (χ0) is 18.1. The summed E-state index contributed by atoms with van der Waals surface area (Å²) in [4.78, 5) is 0.589. The van der Waals surface area contributed by atoms with Gasteiger partial charge >= 0.3 is 0 Å². The van der Waals surface area contributed by atoms with Crippen molar-refractivity contribution in [2.24, 2.45) is 5.41 Å². The quantitative estimate of drug-likeness (QED) is 0.521. The summed E-state index contributed by atoms with van der Waals surface area (Å²) in [5.41, 5.74) is 0.652. The molecule has 0 saturated heterocycles. The largest absolute Gasteiger partial charge is 0.508 e. The highest BCUT2D eigenvalue weighted by molar-refractivity contribution is 8.03. The number of hydrogen-bond acceptors (Lipinski definition) is 7. The van der Waals surface area contributed by atoms with E-state index < -0.39 is 0 Å². The van der Waals surface area contributed by atoms with Crippen molar-refractivity contribution in [1.82, 2.24) is 10.2 Å². The number of hydrogen-bond donors (Lipinski definition) is 2. The number of aromatic nitrogens is 2. The lowest BCUT2D eigenvalue weighted by Crippen LogP contribution is -2.24. The molecule has 0 amide bonds. The van der Waals surface area contributed by atoms with E-state index in [0.29, 0.717) is 4.90 Å². The summed E-state index contributed by atoms with van der Waals surface area (Å²) in [5.74, 6) is 0.370. The van der Waals surface area contributed by atoms with Crippen molar-refractivity contribution in [2.45, 2.75) is 60.0 Å². The van der Waals surface area contributed by atoms with Crippen molar-refractivity contribution in [3.63, 3.8) is 0 Å². The van der Waals surface area contributed by atoms with Gasteiger partial charge in [0, 0.05) is 5.56 Å². The zero-order valence-corrected chi connectivity index (χ0v) is 17.3. The molecule has 1 heterocycles. The number of benzene rings is 1. The Morgan fingerprint density at radius 1 is 1.00 bits per heavy atom. The van der Waals surface area contributed by atoms with Crippen LogP contribution in [0.15, 0.2) is 25.7 Å². The third kappa shape index (κ3) is 4.80. The van der Waals surface area contributed by atoms with E-state index in [1.54, 1.807) is 12.1 Å². The van der Waals surface area contributed by atoms with Crippen LogP contribution in [0.4, 0.5) is 0 Å². The molecular formula is C17H24N2O2S3. The van der Waals surface area contributed by atoms with Gasteiger partial charge in [-0.1, -0.05) is 69.5 Å². The zero-order valence-electron chi connectivity index (χ0n) is 14.9. The Hall–Kier alpha value is -0.920. The van der Waals surface area contributed by atoms with Crippen molar-refractivity contribution >= 4 is 34.9 Å². The van der Waals surface area contributed by atoms with E-state index in [1.807, 2.05) is 6.26 Å². The van der Waals surface area contributed by atoms with Crippen molar-refractivity contribution in [3.05, 3.63) is 17.7 Å². The lowest BCUT2D eigenvalue weighted by molar-refractivity contribution is 0.277. The molecule has 2 rings (SSSR count). The van der Waals surface area contributed by atoms with E-state index in [-0.39, 0.29) is 22.3 Å². The van der Waals surface area contributed by atoms with Crippen LogP contribution >= 0.6 is 34.9 Å². The molecule has 2 N–H and O–H groups in total. The minimum atomic E-state index is -0.238. The van der Waals surface area contributed by atoms with Crippen LogP contribution < -0.4 is 0 Å². The van der Waals surface area contributed by atoms with Crippen LogP contribution in [-0.2, 0) is 5.41 Å². The molecule has 7 heteroatoms. The summed E-state index contributed by atoms with van der Waals surface area (Å²) < 4.78 is 1.62. The molecule has 132 valence electrons. The van der Waals surface area contributed by atoms with Gasteiger partial charge in [-0.3, -0.25) is 0 Å². The Bertz CT molecular complexity index is 721. The van der Waals surface area contributed by atoms with Gasteiger partial charge in [-0.15, -0.1) is 10.2 Å². The highest BCUT2D eigenvalue weighted by Gasteiger charge is 2.30. The first-order valence-corrected chi connectivity index (χ1v) is 10.5. The van der Waals surface area contributed by atoms with Gasteiger partial charge in [0.2, 0.25) is 0 Å². The topological polar surface area (TPSA) is 66.2 Å². The second-order valence-electron chi connectivity index (χ2n) is 7.60. The lowest BCUT2D eigenvalue weighted by Gasteiger charge is -2.33. The number of aromatic hydroxyl groups is 2. The summed E-state index contributed by atoms with van der Waals surface area (Å²) in [6.45, 7) is 10.7.